The van der Waals surface area contributed by atoms with E-state index in [4.69, 9.17) is 12.2 Å². The van der Waals surface area contributed by atoms with Crippen molar-refractivity contribution < 1.29 is 13.2 Å². The first-order valence-electron chi connectivity index (χ1n) is 6.51. The van der Waals surface area contributed by atoms with Gasteiger partial charge in [0.25, 0.3) is 5.91 Å². The predicted molar refractivity (Wildman–Crippen MR) is 80.3 cm³/mol. The molecular weight excluding hydrogens is 290 g/mol. The van der Waals surface area contributed by atoms with Crippen LogP contribution < -0.4 is 5.73 Å². The molecule has 1 atom stereocenters. The first-order chi connectivity index (χ1) is 9.84. The van der Waals surface area contributed by atoms with E-state index in [0.29, 0.717) is 23.4 Å². The number of amides is 1. The Kier molecular flexibility index (Phi) is 4.19. The van der Waals surface area contributed by atoms with Gasteiger partial charge in [-0.15, -0.1) is 6.42 Å². The van der Waals surface area contributed by atoms with Gasteiger partial charge in [0.1, 0.15) is 0 Å². The third-order valence-corrected chi connectivity index (χ3v) is 5.26. The van der Waals surface area contributed by atoms with Crippen LogP contribution in [0.15, 0.2) is 12.3 Å². The number of hydrogen-bond acceptors (Lipinski definition) is 5. The number of anilines is 1. The summed E-state index contributed by atoms with van der Waals surface area (Å²) >= 11 is 0. The lowest BCUT2D eigenvalue weighted by atomic mass is 10.1. The minimum atomic E-state index is -3.10. The summed E-state index contributed by atoms with van der Waals surface area (Å²) in [6.45, 7) is 1.76. The molecule has 1 amide bonds. The van der Waals surface area contributed by atoms with Gasteiger partial charge in [-0.1, -0.05) is 5.92 Å². The molecule has 0 saturated carbocycles. The SMILES string of the molecule is C#CCN(C(=O)c1cc(N)cnc1C)C1CCS(=O)(=O)C1. The van der Waals surface area contributed by atoms with Crippen LogP contribution in [-0.2, 0) is 9.84 Å². The van der Waals surface area contributed by atoms with Gasteiger partial charge in [-0.3, -0.25) is 9.78 Å². The number of terminal acetylenes is 1. The van der Waals surface area contributed by atoms with Gasteiger partial charge < -0.3 is 10.6 Å². The van der Waals surface area contributed by atoms with Gasteiger partial charge in [0, 0.05) is 6.04 Å². The van der Waals surface area contributed by atoms with E-state index < -0.39 is 9.84 Å². The second-order valence-electron chi connectivity index (χ2n) is 5.10. The maximum atomic E-state index is 12.6. The average molecular weight is 307 g/mol. The predicted octanol–water partition coefficient (Wildman–Crippen LogP) is 0.235. The normalized spacial score (nSPS) is 19.9. The Balaban J connectivity index is 2.32. The quantitative estimate of drug-likeness (QED) is 0.807. The molecular formula is C14H17N3O3S. The summed E-state index contributed by atoms with van der Waals surface area (Å²) < 4.78 is 23.2. The zero-order valence-electron chi connectivity index (χ0n) is 11.7. The number of nitrogens with zero attached hydrogens (tertiary/aromatic N) is 2. The van der Waals surface area contributed by atoms with Crippen LogP contribution in [0.5, 0.6) is 0 Å². The minimum Gasteiger partial charge on any atom is -0.397 e. The van der Waals surface area contributed by atoms with E-state index in [1.807, 2.05) is 0 Å². The van der Waals surface area contributed by atoms with Gasteiger partial charge in [-0.2, -0.15) is 0 Å². The molecule has 1 saturated heterocycles. The summed E-state index contributed by atoms with van der Waals surface area (Å²) in [5, 5.41) is 0. The lowest BCUT2D eigenvalue weighted by molar-refractivity contribution is 0.0723. The number of aromatic nitrogens is 1. The molecule has 1 aromatic heterocycles. The van der Waals surface area contributed by atoms with Crippen LogP contribution in [0.3, 0.4) is 0 Å². The second-order valence-corrected chi connectivity index (χ2v) is 7.32. The molecule has 0 spiro atoms. The second kappa shape index (κ2) is 5.74. The summed E-state index contributed by atoms with van der Waals surface area (Å²) in [6, 6.07) is 1.15. The highest BCUT2D eigenvalue weighted by Gasteiger charge is 2.35. The Bertz CT molecular complexity index is 707. The standard InChI is InChI=1S/C14H17N3O3S/c1-3-5-17(12-4-6-21(19,20)9-12)14(18)13-7-11(15)8-16-10(13)2/h1,7-8,12H,4-6,9,15H2,2H3. The van der Waals surface area contributed by atoms with E-state index in [1.54, 1.807) is 6.92 Å². The summed E-state index contributed by atoms with van der Waals surface area (Å²) in [6.07, 6.45) is 7.19. The minimum absolute atomic E-state index is 0.0464. The Morgan fingerprint density at radius 1 is 1.62 bits per heavy atom. The number of carbonyl (C=O) groups is 1. The molecule has 2 heterocycles. The first-order valence-corrected chi connectivity index (χ1v) is 8.33. The number of aryl methyl sites for hydroxylation is 1. The van der Waals surface area contributed by atoms with Crippen LogP contribution in [0.2, 0.25) is 0 Å². The number of nitrogen functional groups attached to an aromatic ring is 1. The summed E-state index contributed by atoms with van der Waals surface area (Å²) in [5.41, 5.74) is 6.94. The zero-order chi connectivity index (χ0) is 15.6. The van der Waals surface area contributed by atoms with Crippen molar-refractivity contribution in [3.63, 3.8) is 0 Å². The highest BCUT2D eigenvalue weighted by Crippen LogP contribution is 2.21. The largest absolute Gasteiger partial charge is 0.397 e. The fourth-order valence-corrected chi connectivity index (χ4v) is 4.14. The van der Waals surface area contributed by atoms with Crippen molar-refractivity contribution in [1.29, 1.82) is 0 Å². The number of sulfone groups is 1. The lowest BCUT2D eigenvalue weighted by Gasteiger charge is -2.26. The number of rotatable bonds is 3. The van der Waals surface area contributed by atoms with Gasteiger partial charge in [0.2, 0.25) is 0 Å². The van der Waals surface area contributed by atoms with Crippen LogP contribution in [0.1, 0.15) is 22.5 Å². The van der Waals surface area contributed by atoms with E-state index in [9.17, 15) is 13.2 Å². The smallest absolute Gasteiger partial charge is 0.256 e. The van der Waals surface area contributed by atoms with Crippen molar-refractivity contribution in [2.75, 3.05) is 23.8 Å². The number of hydrogen-bond donors (Lipinski definition) is 1. The first kappa shape index (κ1) is 15.3. The van der Waals surface area contributed by atoms with Crippen molar-refractivity contribution in [3.8, 4) is 12.3 Å². The Morgan fingerprint density at radius 2 is 2.33 bits per heavy atom. The number of carbonyl (C=O) groups excluding carboxylic acids is 1. The molecule has 0 aromatic carbocycles. The summed E-state index contributed by atoms with van der Waals surface area (Å²) in [7, 11) is -3.10. The fourth-order valence-electron chi connectivity index (χ4n) is 2.41. The molecule has 7 heteroatoms. The van der Waals surface area contributed by atoms with Crippen molar-refractivity contribution in [1.82, 2.24) is 9.88 Å². The number of pyridine rings is 1. The molecule has 21 heavy (non-hydrogen) atoms. The van der Waals surface area contributed by atoms with E-state index in [-0.39, 0.29) is 30.0 Å². The average Bonchev–Trinajstić information content (AvgIpc) is 2.78. The van der Waals surface area contributed by atoms with E-state index in [1.165, 1.54) is 17.2 Å². The molecule has 1 aliphatic heterocycles. The van der Waals surface area contributed by atoms with Crippen molar-refractivity contribution in [2.45, 2.75) is 19.4 Å². The van der Waals surface area contributed by atoms with Gasteiger partial charge in [0.15, 0.2) is 9.84 Å². The van der Waals surface area contributed by atoms with Crippen molar-refractivity contribution >= 4 is 21.4 Å². The van der Waals surface area contributed by atoms with Crippen LogP contribution in [0.25, 0.3) is 0 Å². The maximum absolute atomic E-state index is 12.6. The van der Waals surface area contributed by atoms with Crippen LogP contribution in [0, 0.1) is 19.3 Å². The molecule has 112 valence electrons. The topological polar surface area (TPSA) is 93.4 Å². The monoisotopic (exact) mass is 307 g/mol. The van der Waals surface area contributed by atoms with Crippen LogP contribution in [0.4, 0.5) is 5.69 Å². The maximum Gasteiger partial charge on any atom is 0.256 e. The summed E-state index contributed by atoms with van der Waals surface area (Å²) in [5.74, 6) is 2.13. The molecule has 1 unspecified atom stereocenters. The van der Waals surface area contributed by atoms with Gasteiger partial charge >= 0.3 is 0 Å². The van der Waals surface area contributed by atoms with Crippen LogP contribution in [-0.4, -0.2) is 48.3 Å². The number of nitrogens with two attached hydrogens (primary N) is 1. The third kappa shape index (κ3) is 3.34. The highest BCUT2D eigenvalue weighted by atomic mass is 32.2. The Labute approximate surface area is 124 Å². The molecule has 0 radical (unpaired) electrons. The van der Waals surface area contributed by atoms with Gasteiger partial charge in [-0.25, -0.2) is 8.42 Å². The third-order valence-electron chi connectivity index (χ3n) is 3.51. The molecule has 1 fully saturated rings. The highest BCUT2D eigenvalue weighted by molar-refractivity contribution is 7.91. The molecule has 0 aliphatic carbocycles. The molecule has 1 aromatic rings. The fraction of sp³-hybridized carbons (Fsp3) is 0.429. The van der Waals surface area contributed by atoms with Gasteiger partial charge in [-0.05, 0) is 19.4 Å². The van der Waals surface area contributed by atoms with E-state index in [2.05, 4.69) is 10.9 Å². The van der Waals surface area contributed by atoms with E-state index >= 15 is 0 Å². The zero-order valence-corrected chi connectivity index (χ0v) is 12.6. The molecule has 1 aliphatic rings. The molecule has 0 bridgehead atoms. The van der Waals surface area contributed by atoms with Gasteiger partial charge in [0.05, 0.1) is 41.2 Å². The Morgan fingerprint density at radius 3 is 2.90 bits per heavy atom. The van der Waals surface area contributed by atoms with E-state index in [0.717, 1.165) is 0 Å². The molecule has 2 N–H and O–H groups in total. The lowest BCUT2D eigenvalue weighted by Crippen LogP contribution is -2.41. The van der Waals surface area contributed by atoms with Crippen LogP contribution >= 0.6 is 0 Å². The van der Waals surface area contributed by atoms with Crippen molar-refractivity contribution in [2.24, 2.45) is 0 Å². The molecule has 2 rings (SSSR count). The Hall–Kier alpha value is -2.07. The molecule has 6 nitrogen and oxygen atoms in total. The van der Waals surface area contributed by atoms with Crippen molar-refractivity contribution in [3.05, 3.63) is 23.5 Å². The summed E-state index contributed by atoms with van der Waals surface area (Å²) in [4.78, 5) is 18.1.